The van der Waals surface area contributed by atoms with Crippen LogP contribution < -0.4 is 5.19 Å². The van der Waals surface area contributed by atoms with Crippen LogP contribution in [0.2, 0.25) is 26.2 Å². The highest BCUT2D eigenvalue weighted by Gasteiger charge is 2.25. The summed E-state index contributed by atoms with van der Waals surface area (Å²) in [4.78, 5) is 0. The lowest BCUT2D eigenvalue weighted by Gasteiger charge is -2.25. The van der Waals surface area contributed by atoms with Gasteiger partial charge in [0, 0.05) is 1.43 Å². The molecule has 0 aliphatic heterocycles. The average molecular weight is 212 g/mol. The molecule has 1 aromatic carbocycles. The Morgan fingerprint density at radius 3 is 2.15 bits per heavy atom. The van der Waals surface area contributed by atoms with Crippen molar-refractivity contribution in [3.05, 3.63) is 30.3 Å². The van der Waals surface area contributed by atoms with Crippen LogP contribution in [0, 0.1) is 0 Å². The highest BCUT2D eigenvalue weighted by Crippen LogP contribution is 2.06. The van der Waals surface area contributed by atoms with Gasteiger partial charge in [0.25, 0.3) is 0 Å². The first-order valence-electron chi connectivity index (χ1n) is 4.76. The van der Waals surface area contributed by atoms with E-state index in [9.17, 15) is 0 Å². The number of hydrogen-bond acceptors (Lipinski definition) is 1. The zero-order valence-electron chi connectivity index (χ0n) is 8.87. The molecule has 0 fully saturated rings. The lowest BCUT2D eigenvalue weighted by atomic mass is 10.4. The highest BCUT2D eigenvalue weighted by atomic mass is 28.4. The van der Waals surface area contributed by atoms with E-state index in [1.54, 1.807) is 0 Å². The van der Waals surface area contributed by atoms with Crippen molar-refractivity contribution >= 4 is 22.5 Å². The molecular weight excluding hydrogens is 192 g/mol. The van der Waals surface area contributed by atoms with Crippen molar-refractivity contribution in [1.29, 1.82) is 0 Å². The molecule has 0 atom stereocenters. The monoisotopic (exact) mass is 212 g/mol. The van der Waals surface area contributed by atoms with E-state index in [0.717, 1.165) is 0 Å². The molecule has 1 nitrogen and oxygen atoms in total. The molecule has 0 amide bonds. The van der Waals surface area contributed by atoms with Crippen LogP contribution in [0.3, 0.4) is 0 Å². The largest absolute Gasteiger partial charge is 0.455 e. The zero-order chi connectivity index (χ0) is 9.90. The van der Waals surface area contributed by atoms with Gasteiger partial charge in [-0.25, -0.2) is 0 Å². The number of hydrogen-bond donors (Lipinski definition) is 0. The van der Waals surface area contributed by atoms with E-state index >= 15 is 0 Å². The molecule has 0 aromatic heterocycles. The van der Waals surface area contributed by atoms with Gasteiger partial charge in [-0.2, -0.15) is 0 Å². The molecule has 13 heavy (non-hydrogen) atoms. The quantitative estimate of drug-likeness (QED) is 0.699. The maximum absolute atomic E-state index is 6.10. The van der Waals surface area contributed by atoms with E-state index in [2.05, 4.69) is 56.5 Å². The van der Waals surface area contributed by atoms with Crippen LogP contribution in [0.5, 0.6) is 0 Å². The normalized spacial score (nSPS) is 12.1. The second-order valence-corrected chi connectivity index (χ2v) is 10.7. The molecule has 0 aliphatic rings. The first-order chi connectivity index (χ1) is 6.02. The van der Waals surface area contributed by atoms with E-state index < -0.39 is 17.4 Å². The van der Waals surface area contributed by atoms with Gasteiger partial charge in [-0.3, -0.25) is 0 Å². The van der Waals surface area contributed by atoms with Crippen LogP contribution in [0.4, 0.5) is 0 Å². The molecule has 0 N–H and O–H groups in total. The summed E-state index contributed by atoms with van der Waals surface area (Å²) in [6, 6.07) is 10.6. The molecule has 3 heteroatoms. The molecule has 74 valence electrons. The summed E-state index contributed by atoms with van der Waals surface area (Å²) in [5.41, 5.74) is 0. The van der Waals surface area contributed by atoms with Crippen molar-refractivity contribution in [3.63, 3.8) is 0 Å². The summed E-state index contributed by atoms with van der Waals surface area (Å²) < 4.78 is 6.10. The van der Waals surface area contributed by atoms with Crippen molar-refractivity contribution in [2.45, 2.75) is 26.2 Å². The molecule has 0 bridgehead atoms. The molecule has 0 aliphatic carbocycles. The Labute approximate surface area is 85.1 Å². The molecule has 1 aromatic rings. The Kier molecular flexibility index (Phi) is 3.47. The predicted molar refractivity (Wildman–Crippen MR) is 65.6 cm³/mol. The molecule has 0 saturated carbocycles. The second kappa shape index (κ2) is 4.22. The summed E-state index contributed by atoms with van der Waals surface area (Å²) in [6.45, 7) is 9.01. The van der Waals surface area contributed by atoms with E-state index in [-0.39, 0.29) is 1.43 Å². The summed E-state index contributed by atoms with van der Waals surface area (Å²) in [5.74, 6) is 0. The summed E-state index contributed by atoms with van der Waals surface area (Å²) in [5, 5.41) is 1.40. The molecule has 0 saturated heterocycles. The lowest BCUT2D eigenvalue weighted by Crippen LogP contribution is -2.47. The van der Waals surface area contributed by atoms with Crippen LogP contribution in [0.25, 0.3) is 0 Å². The first kappa shape index (κ1) is 10.7. The van der Waals surface area contributed by atoms with E-state index in [1.165, 1.54) is 5.19 Å². The fourth-order valence-electron chi connectivity index (χ4n) is 1.50. The summed E-state index contributed by atoms with van der Waals surface area (Å²) in [7, 11) is -2.48. The van der Waals surface area contributed by atoms with Gasteiger partial charge in [0.1, 0.15) is 0 Å². The van der Waals surface area contributed by atoms with Gasteiger partial charge in [0.2, 0.25) is 8.32 Å². The van der Waals surface area contributed by atoms with Crippen LogP contribution in [0.15, 0.2) is 30.3 Å². The minimum Gasteiger partial charge on any atom is -0.455 e. The Morgan fingerprint density at radius 2 is 1.69 bits per heavy atom. The molecule has 1 rings (SSSR count). The SMILES string of the molecule is C[SiH](C)O[Si](C)(C)c1ccccc1.[HH]. The van der Waals surface area contributed by atoms with Crippen LogP contribution in [0.1, 0.15) is 1.43 Å². The van der Waals surface area contributed by atoms with Crippen molar-refractivity contribution in [2.75, 3.05) is 0 Å². The molecular formula is C10H20OSi2. The smallest absolute Gasteiger partial charge is 0.205 e. The molecule has 0 radical (unpaired) electrons. The Morgan fingerprint density at radius 1 is 1.15 bits per heavy atom. The van der Waals surface area contributed by atoms with Gasteiger partial charge in [0.15, 0.2) is 9.04 Å². The number of benzene rings is 1. The standard InChI is InChI=1S/C10H18OSi2.H2/c1-12(2)11-13(3,4)10-8-6-5-7-9-10;/h5-9,12H,1-4H3;1H. The average Bonchev–Trinajstić information content (AvgIpc) is 2.04. The summed E-state index contributed by atoms with van der Waals surface area (Å²) >= 11 is 0. The topological polar surface area (TPSA) is 9.23 Å². The van der Waals surface area contributed by atoms with Gasteiger partial charge in [-0.15, -0.1) is 0 Å². The Hall–Kier alpha value is -0.386. The lowest BCUT2D eigenvalue weighted by molar-refractivity contribution is 0.590. The van der Waals surface area contributed by atoms with Crippen LogP contribution >= 0.6 is 0 Å². The van der Waals surface area contributed by atoms with Gasteiger partial charge >= 0.3 is 0 Å². The minimum atomic E-state index is -1.58. The summed E-state index contributed by atoms with van der Waals surface area (Å²) in [6.07, 6.45) is 0. The van der Waals surface area contributed by atoms with Gasteiger partial charge in [0.05, 0.1) is 0 Å². The maximum atomic E-state index is 6.10. The predicted octanol–water partition coefficient (Wildman–Crippen LogP) is 2.34. The molecule has 0 spiro atoms. The Balaban J connectivity index is 0.00000169. The Bertz CT molecular complexity index is 262. The van der Waals surface area contributed by atoms with Crippen LogP contribution in [-0.4, -0.2) is 17.4 Å². The van der Waals surface area contributed by atoms with E-state index in [4.69, 9.17) is 4.12 Å². The third-order valence-electron chi connectivity index (χ3n) is 2.00. The van der Waals surface area contributed by atoms with E-state index in [1.807, 2.05) is 0 Å². The van der Waals surface area contributed by atoms with Gasteiger partial charge in [-0.1, -0.05) is 30.3 Å². The van der Waals surface area contributed by atoms with E-state index in [0.29, 0.717) is 0 Å². The van der Waals surface area contributed by atoms with Crippen molar-refractivity contribution in [3.8, 4) is 0 Å². The zero-order valence-corrected chi connectivity index (χ0v) is 11.0. The van der Waals surface area contributed by atoms with Crippen LogP contribution in [-0.2, 0) is 4.12 Å². The maximum Gasteiger partial charge on any atom is 0.205 e. The third-order valence-corrected chi connectivity index (χ3v) is 7.97. The van der Waals surface area contributed by atoms with Crippen molar-refractivity contribution < 1.29 is 5.54 Å². The fraction of sp³-hybridized carbons (Fsp3) is 0.400. The second-order valence-electron chi connectivity index (χ2n) is 4.04. The van der Waals surface area contributed by atoms with Gasteiger partial charge in [-0.05, 0) is 31.4 Å². The molecule has 0 unspecified atom stereocenters. The first-order valence-corrected chi connectivity index (χ1v) is 10.4. The minimum absolute atomic E-state index is 0. The number of rotatable bonds is 3. The third kappa shape index (κ3) is 3.10. The fourth-order valence-corrected chi connectivity index (χ4v) is 7.75. The molecule has 0 heterocycles. The van der Waals surface area contributed by atoms with Crippen molar-refractivity contribution in [2.24, 2.45) is 0 Å². The van der Waals surface area contributed by atoms with Gasteiger partial charge < -0.3 is 4.12 Å². The van der Waals surface area contributed by atoms with Crippen molar-refractivity contribution in [1.82, 2.24) is 0 Å². The highest BCUT2D eigenvalue weighted by molar-refractivity contribution is 6.88.